The van der Waals surface area contributed by atoms with E-state index in [0.29, 0.717) is 17.7 Å². The van der Waals surface area contributed by atoms with Crippen molar-refractivity contribution < 1.29 is 14.0 Å². The summed E-state index contributed by atoms with van der Waals surface area (Å²) in [7, 11) is 0. The van der Waals surface area contributed by atoms with Gasteiger partial charge in [0.05, 0.1) is 5.71 Å². The monoisotopic (exact) mass is 479 g/mol. The molecule has 31 heavy (non-hydrogen) atoms. The molecule has 0 unspecified atom stereocenters. The van der Waals surface area contributed by atoms with Crippen LogP contribution in [0, 0.1) is 13.8 Å². The lowest BCUT2D eigenvalue weighted by atomic mass is 9.93. The number of furan rings is 1. The number of rotatable bonds is 4. The predicted molar refractivity (Wildman–Crippen MR) is 124 cm³/mol. The van der Waals surface area contributed by atoms with E-state index in [1.807, 2.05) is 56.3 Å². The molecule has 1 heterocycles. The van der Waals surface area contributed by atoms with Gasteiger partial charge >= 0.3 is 0 Å². The molecule has 0 radical (unpaired) electrons. The van der Waals surface area contributed by atoms with E-state index >= 15 is 0 Å². The van der Waals surface area contributed by atoms with Gasteiger partial charge in [-0.25, -0.2) is 5.43 Å². The normalized spacial score (nSPS) is 14.2. The molecule has 0 bridgehead atoms. The summed E-state index contributed by atoms with van der Waals surface area (Å²) in [4.78, 5) is 25.3. The number of nitrogens with zero attached hydrogens (tertiary/aromatic N) is 1. The lowest BCUT2D eigenvalue weighted by molar-refractivity contribution is 0.0953. The van der Waals surface area contributed by atoms with Gasteiger partial charge in [0.1, 0.15) is 5.76 Å². The van der Waals surface area contributed by atoms with E-state index in [1.54, 1.807) is 6.07 Å². The van der Waals surface area contributed by atoms with Crippen LogP contribution in [0.3, 0.4) is 0 Å². The van der Waals surface area contributed by atoms with Gasteiger partial charge in [0.15, 0.2) is 5.76 Å². The van der Waals surface area contributed by atoms with Crippen LogP contribution in [0.2, 0.25) is 0 Å². The number of fused-ring (bicyclic) bond motifs is 1. The van der Waals surface area contributed by atoms with Gasteiger partial charge in [-0.05, 0) is 63.1 Å². The molecule has 158 valence electrons. The highest BCUT2D eigenvalue weighted by Gasteiger charge is 2.28. The zero-order valence-electron chi connectivity index (χ0n) is 17.3. The van der Waals surface area contributed by atoms with E-state index in [4.69, 9.17) is 4.42 Å². The topological polar surface area (TPSA) is 83.7 Å². The molecule has 1 aromatic heterocycles. The molecule has 0 fully saturated rings. The summed E-state index contributed by atoms with van der Waals surface area (Å²) < 4.78 is 6.85. The van der Waals surface area contributed by atoms with Gasteiger partial charge < -0.3 is 9.73 Å². The first-order valence-electron chi connectivity index (χ1n) is 10.1. The first-order chi connectivity index (χ1) is 14.9. The standard InChI is InChI=1S/C24H22BrN3O3/c1-14-5-3-6-16(13-14)23(29)28-27-19-7-4-8-20-21(19)15(2)22(31-20)24(30)26-18-11-9-17(25)10-12-18/h3,5-6,9-13H,4,7-8H2,1-2H3,(H,26,30)(H,28,29)/b27-19+. The Morgan fingerprint density at radius 3 is 2.55 bits per heavy atom. The minimum atomic E-state index is -0.308. The largest absolute Gasteiger partial charge is 0.455 e. The van der Waals surface area contributed by atoms with Crippen LogP contribution in [0.5, 0.6) is 0 Å². The van der Waals surface area contributed by atoms with Crippen molar-refractivity contribution in [3.05, 3.63) is 86.8 Å². The molecule has 2 aromatic carbocycles. The highest BCUT2D eigenvalue weighted by atomic mass is 79.9. The van der Waals surface area contributed by atoms with Crippen molar-refractivity contribution in [3.63, 3.8) is 0 Å². The van der Waals surface area contributed by atoms with Crippen LogP contribution in [0.1, 0.15) is 56.2 Å². The van der Waals surface area contributed by atoms with E-state index in [9.17, 15) is 9.59 Å². The zero-order chi connectivity index (χ0) is 22.0. The van der Waals surface area contributed by atoms with E-state index in [-0.39, 0.29) is 17.6 Å². The van der Waals surface area contributed by atoms with Gasteiger partial charge in [0, 0.05) is 33.3 Å². The van der Waals surface area contributed by atoms with Gasteiger partial charge in [-0.2, -0.15) is 5.10 Å². The fourth-order valence-electron chi connectivity index (χ4n) is 3.69. The van der Waals surface area contributed by atoms with Crippen molar-refractivity contribution in [1.82, 2.24) is 5.43 Å². The summed E-state index contributed by atoms with van der Waals surface area (Å²) in [6.07, 6.45) is 2.27. The van der Waals surface area contributed by atoms with E-state index in [0.717, 1.165) is 45.5 Å². The number of carbonyl (C=O) groups excluding carboxylic acids is 2. The maximum atomic E-state index is 12.8. The van der Waals surface area contributed by atoms with E-state index < -0.39 is 0 Å². The Morgan fingerprint density at radius 1 is 1.03 bits per heavy atom. The van der Waals surface area contributed by atoms with Gasteiger partial charge in [-0.15, -0.1) is 0 Å². The lowest BCUT2D eigenvalue weighted by Gasteiger charge is -2.13. The average molecular weight is 480 g/mol. The molecule has 0 aliphatic heterocycles. The Bertz CT molecular complexity index is 1180. The molecule has 1 aliphatic rings. The SMILES string of the molecule is Cc1cccc(C(=O)N/N=C2\CCCc3oc(C(=O)Nc4ccc(Br)cc4)c(C)c32)c1. The Morgan fingerprint density at radius 2 is 1.81 bits per heavy atom. The fourth-order valence-corrected chi connectivity index (χ4v) is 3.95. The van der Waals surface area contributed by atoms with E-state index in [1.165, 1.54) is 0 Å². The minimum Gasteiger partial charge on any atom is -0.455 e. The molecule has 0 atom stereocenters. The number of hydrogen-bond acceptors (Lipinski definition) is 4. The Kier molecular flexibility index (Phi) is 6.04. The van der Waals surface area contributed by atoms with Crippen LogP contribution in [-0.4, -0.2) is 17.5 Å². The summed E-state index contributed by atoms with van der Waals surface area (Å²) in [5.74, 6) is 0.427. The molecule has 0 saturated carbocycles. The molecule has 0 spiro atoms. The minimum absolute atomic E-state index is 0.266. The van der Waals surface area contributed by atoms with Gasteiger partial charge in [-0.1, -0.05) is 33.6 Å². The molecule has 2 N–H and O–H groups in total. The second kappa shape index (κ2) is 8.89. The van der Waals surface area contributed by atoms with Crippen LogP contribution in [0.25, 0.3) is 0 Å². The molecule has 7 heteroatoms. The molecule has 0 saturated heterocycles. The Balaban J connectivity index is 1.56. The summed E-state index contributed by atoms with van der Waals surface area (Å²) in [5.41, 5.74) is 7.17. The zero-order valence-corrected chi connectivity index (χ0v) is 18.9. The van der Waals surface area contributed by atoms with Crippen LogP contribution < -0.4 is 10.7 Å². The number of amides is 2. The van der Waals surface area contributed by atoms with Gasteiger partial charge in [-0.3, -0.25) is 9.59 Å². The summed E-state index contributed by atoms with van der Waals surface area (Å²) in [5, 5.41) is 7.24. The number of benzene rings is 2. The van der Waals surface area contributed by atoms with Crippen molar-refractivity contribution >= 4 is 39.1 Å². The highest BCUT2D eigenvalue weighted by Crippen LogP contribution is 2.30. The third-order valence-electron chi connectivity index (χ3n) is 5.21. The molecular weight excluding hydrogens is 458 g/mol. The van der Waals surface area contributed by atoms with Gasteiger partial charge in [0.25, 0.3) is 11.8 Å². The second-order valence-corrected chi connectivity index (χ2v) is 8.45. The van der Waals surface area contributed by atoms with Crippen molar-refractivity contribution in [2.24, 2.45) is 5.10 Å². The Labute approximate surface area is 188 Å². The molecule has 3 aromatic rings. The maximum absolute atomic E-state index is 12.8. The number of anilines is 1. The summed E-state index contributed by atoms with van der Waals surface area (Å²) >= 11 is 3.38. The number of hydrazone groups is 1. The fraction of sp³-hybridized carbons (Fsp3) is 0.208. The quantitative estimate of drug-likeness (QED) is 0.492. The highest BCUT2D eigenvalue weighted by molar-refractivity contribution is 9.10. The van der Waals surface area contributed by atoms with E-state index in [2.05, 4.69) is 31.8 Å². The third-order valence-corrected chi connectivity index (χ3v) is 5.74. The molecule has 2 amide bonds. The van der Waals surface area contributed by atoms with Gasteiger partial charge in [0.2, 0.25) is 0 Å². The van der Waals surface area contributed by atoms with Crippen molar-refractivity contribution in [3.8, 4) is 0 Å². The summed E-state index contributed by atoms with van der Waals surface area (Å²) in [6.45, 7) is 3.79. The van der Waals surface area contributed by atoms with Crippen molar-refractivity contribution in [1.29, 1.82) is 0 Å². The number of hydrogen-bond donors (Lipinski definition) is 2. The number of aryl methyl sites for hydroxylation is 2. The molecule has 4 rings (SSSR count). The molecule has 6 nitrogen and oxygen atoms in total. The maximum Gasteiger partial charge on any atom is 0.291 e. The first-order valence-corrected chi connectivity index (χ1v) is 10.8. The van der Waals surface area contributed by atoms with Crippen LogP contribution in [0.15, 0.2) is 62.5 Å². The molecular formula is C24H22BrN3O3. The van der Waals surface area contributed by atoms with Crippen LogP contribution in [-0.2, 0) is 6.42 Å². The van der Waals surface area contributed by atoms with Crippen molar-refractivity contribution in [2.45, 2.75) is 33.1 Å². The lowest BCUT2D eigenvalue weighted by Crippen LogP contribution is -2.22. The van der Waals surface area contributed by atoms with Crippen LogP contribution in [0.4, 0.5) is 5.69 Å². The average Bonchev–Trinajstić information content (AvgIpc) is 3.11. The predicted octanol–water partition coefficient (Wildman–Crippen LogP) is 5.38. The summed E-state index contributed by atoms with van der Waals surface area (Å²) in [6, 6.07) is 14.7. The smallest absolute Gasteiger partial charge is 0.291 e. The number of halogens is 1. The number of carbonyl (C=O) groups is 2. The van der Waals surface area contributed by atoms with Crippen molar-refractivity contribution in [2.75, 3.05) is 5.32 Å². The number of nitrogens with one attached hydrogen (secondary N) is 2. The third kappa shape index (κ3) is 4.61. The second-order valence-electron chi connectivity index (χ2n) is 7.54. The Hall–Kier alpha value is -3.19. The molecule has 1 aliphatic carbocycles. The first kappa shape index (κ1) is 21.1. The van der Waals surface area contributed by atoms with Crippen LogP contribution >= 0.6 is 15.9 Å².